The van der Waals surface area contributed by atoms with Crippen molar-refractivity contribution in [3.05, 3.63) is 28.6 Å². The van der Waals surface area contributed by atoms with E-state index in [2.05, 4.69) is 4.98 Å². The van der Waals surface area contributed by atoms with Crippen molar-refractivity contribution in [2.75, 3.05) is 0 Å². The lowest BCUT2D eigenvalue weighted by Gasteiger charge is -2.24. The molecule has 0 bridgehead atoms. The molecule has 0 aliphatic rings. The summed E-state index contributed by atoms with van der Waals surface area (Å²) in [5.74, 6) is -0.351. The molecule has 0 fully saturated rings. The van der Waals surface area contributed by atoms with Crippen LogP contribution in [0.15, 0.2) is 16.5 Å². The summed E-state index contributed by atoms with van der Waals surface area (Å²) in [7, 11) is 0. The van der Waals surface area contributed by atoms with Crippen molar-refractivity contribution in [1.29, 1.82) is 0 Å². The number of halogens is 1. The minimum atomic E-state index is -0.821. The second-order valence-corrected chi connectivity index (χ2v) is 5.58. The Bertz CT molecular complexity index is 644. The van der Waals surface area contributed by atoms with Crippen molar-refractivity contribution >= 4 is 28.7 Å². The standard InChI is InChI=1S/C15H18ClNO3/c1-4-15(5-2,14(18)19)8-12-17-11-7-10(16)6-9(3)13(11)20-12/h6-7H,4-5,8H2,1-3H3,(H,18,19). The first-order valence-corrected chi connectivity index (χ1v) is 7.08. The minimum Gasteiger partial charge on any atom is -0.481 e. The van der Waals surface area contributed by atoms with E-state index < -0.39 is 11.4 Å². The third-order valence-electron chi connectivity index (χ3n) is 3.98. The summed E-state index contributed by atoms with van der Waals surface area (Å²) >= 11 is 6.00. The predicted octanol–water partition coefficient (Wildman–Crippen LogP) is 4.22. The van der Waals surface area contributed by atoms with Crippen LogP contribution in [0.1, 0.15) is 38.1 Å². The van der Waals surface area contributed by atoms with Gasteiger partial charge in [0.05, 0.1) is 5.41 Å². The van der Waals surface area contributed by atoms with E-state index in [1.54, 1.807) is 6.07 Å². The monoisotopic (exact) mass is 295 g/mol. The molecule has 5 heteroatoms. The number of carboxylic acid groups (broad SMARTS) is 1. The summed E-state index contributed by atoms with van der Waals surface area (Å²) in [6.07, 6.45) is 1.37. The molecule has 2 aromatic rings. The Kier molecular flexibility index (Phi) is 4.04. The summed E-state index contributed by atoms with van der Waals surface area (Å²) in [5, 5.41) is 10.1. The second kappa shape index (κ2) is 5.44. The Hall–Kier alpha value is -1.55. The minimum absolute atomic E-state index is 0.293. The maximum absolute atomic E-state index is 11.5. The summed E-state index contributed by atoms with van der Waals surface area (Å²) in [4.78, 5) is 15.9. The van der Waals surface area contributed by atoms with Crippen molar-refractivity contribution in [2.45, 2.75) is 40.0 Å². The molecule has 4 nitrogen and oxygen atoms in total. The Morgan fingerprint density at radius 1 is 1.40 bits per heavy atom. The summed E-state index contributed by atoms with van der Waals surface area (Å²) in [6, 6.07) is 3.54. The molecule has 1 heterocycles. The van der Waals surface area contributed by atoms with Crippen LogP contribution < -0.4 is 0 Å². The van der Waals surface area contributed by atoms with E-state index in [0.717, 1.165) is 5.56 Å². The zero-order chi connectivity index (χ0) is 14.9. The lowest BCUT2D eigenvalue weighted by molar-refractivity contribution is -0.149. The lowest BCUT2D eigenvalue weighted by Crippen LogP contribution is -2.32. The molecule has 0 atom stereocenters. The van der Waals surface area contributed by atoms with Crippen LogP contribution in [-0.4, -0.2) is 16.1 Å². The fourth-order valence-electron chi connectivity index (χ4n) is 2.45. The molecule has 0 radical (unpaired) electrons. The molecule has 0 unspecified atom stereocenters. The molecule has 20 heavy (non-hydrogen) atoms. The summed E-state index contributed by atoms with van der Waals surface area (Å²) in [6.45, 7) is 5.65. The number of hydrogen-bond donors (Lipinski definition) is 1. The average molecular weight is 296 g/mol. The number of carboxylic acids is 1. The highest BCUT2D eigenvalue weighted by Gasteiger charge is 2.36. The van der Waals surface area contributed by atoms with Gasteiger partial charge < -0.3 is 9.52 Å². The third kappa shape index (κ3) is 2.52. The zero-order valence-electron chi connectivity index (χ0n) is 11.9. The Morgan fingerprint density at radius 2 is 2.05 bits per heavy atom. The first-order valence-electron chi connectivity index (χ1n) is 6.71. The highest BCUT2D eigenvalue weighted by Crippen LogP contribution is 2.33. The molecule has 0 saturated carbocycles. The topological polar surface area (TPSA) is 63.3 Å². The number of fused-ring (bicyclic) bond motifs is 1. The lowest BCUT2D eigenvalue weighted by atomic mass is 9.79. The normalized spacial score (nSPS) is 12.0. The number of carbonyl (C=O) groups is 1. The van der Waals surface area contributed by atoms with Crippen molar-refractivity contribution in [1.82, 2.24) is 4.98 Å². The molecule has 1 aromatic carbocycles. The van der Waals surface area contributed by atoms with Gasteiger partial charge in [0.2, 0.25) is 0 Å². The first kappa shape index (κ1) is 14.9. The number of oxazole rings is 1. The largest absolute Gasteiger partial charge is 0.481 e. The molecule has 108 valence electrons. The van der Waals surface area contributed by atoms with E-state index in [-0.39, 0.29) is 0 Å². The number of nitrogens with zero attached hydrogens (tertiary/aromatic N) is 1. The van der Waals surface area contributed by atoms with Gasteiger partial charge >= 0.3 is 5.97 Å². The number of aryl methyl sites for hydroxylation is 1. The number of aliphatic carboxylic acids is 1. The SMILES string of the molecule is CCC(CC)(Cc1nc2cc(Cl)cc(C)c2o1)C(=O)O. The quantitative estimate of drug-likeness (QED) is 0.897. The van der Waals surface area contributed by atoms with E-state index in [1.807, 2.05) is 26.8 Å². The molecule has 1 N–H and O–H groups in total. The van der Waals surface area contributed by atoms with Gasteiger partial charge in [0.25, 0.3) is 0 Å². The maximum Gasteiger partial charge on any atom is 0.310 e. The van der Waals surface area contributed by atoms with E-state index >= 15 is 0 Å². The van der Waals surface area contributed by atoms with Crippen LogP contribution in [0.5, 0.6) is 0 Å². The van der Waals surface area contributed by atoms with Gasteiger partial charge in [-0.3, -0.25) is 4.79 Å². The Balaban J connectivity index is 2.44. The number of rotatable bonds is 5. The van der Waals surface area contributed by atoms with Crippen LogP contribution in [0.25, 0.3) is 11.1 Å². The smallest absolute Gasteiger partial charge is 0.310 e. The van der Waals surface area contributed by atoms with Crippen molar-refractivity contribution in [2.24, 2.45) is 5.41 Å². The van der Waals surface area contributed by atoms with E-state index in [9.17, 15) is 9.90 Å². The average Bonchev–Trinajstić information content (AvgIpc) is 2.78. The number of hydrogen-bond acceptors (Lipinski definition) is 3. The molecule has 2 rings (SSSR count). The Morgan fingerprint density at radius 3 is 2.60 bits per heavy atom. The fraction of sp³-hybridized carbons (Fsp3) is 0.467. The molecule has 0 saturated heterocycles. The van der Waals surface area contributed by atoms with Gasteiger partial charge in [0.1, 0.15) is 5.52 Å². The van der Waals surface area contributed by atoms with Crippen molar-refractivity contribution in [3.63, 3.8) is 0 Å². The number of aromatic nitrogens is 1. The molecule has 0 aliphatic heterocycles. The van der Waals surface area contributed by atoms with E-state index in [1.165, 1.54) is 0 Å². The molecule has 0 spiro atoms. The van der Waals surface area contributed by atoms with E-state index in [0.29, 0.717) is 41.3 Å². The van der Waals surface area contributed by atoms with Gasteiger partial charge in [-0.05, 0) is 37.5 Å². The molecular weight excluding hydrogens is 278 g/mol. The summed E-state index contributed by atoms with van der Waals surface area (Å²) in [5.41, 5.74) is 1.44. The van der Waals surface area contributed by atoms with Crippen LogP contribution >= 0.6 is 11.6 Å². The fourth-order valence-corrected chi connectivity index (χ4v) is 2.71. The van der Waals surface area contributed by atoms with Crippen LogP contribution in [0.2, 0.25) is 5.02 Å². The zero-order valence-corrected chi connectivity index (χ0v) is 12.6. The number of benzene rings is 1. The van der Waals surface area contributed by atoms with E-state index in [4.69, 9.17) is 16.0 Å². The highest BCUT2D eigenvalue weighted by atomic mass is 35.5. The van der Waals surface area contributed by atoms with Crippen molar-refractivity contribution < 1.29 is 14.3 Å². The van der Waals surface area contributed by atoms with Crippen molar-refractivity contribution in [3.8, 4) is 0 Å². The van der Waals surface area contributed by atoms with Crippen LogP contribution in [0, 0.1) is 12.3 Å². The maximum atomic E-state index is 11.5. The van der Waals surface area contributed by atoms with Gasteiger partial charge in [0, 0.05) is 11.4 Å². The van der Waals surface area contributed by atoms with Crippen LogP contribution in [0.4, 0.5) is 0 Å². The first-order chi connectivity index (χ1) is 9.41. The van der Waals surface area contributed by atoms with Gasteiger partial charge in [-0.15, -0.1) is 0 Å². The molecular formula is C15H18ClNO3. The molecule has 0 aliphatic carbocycles. The predicted molar refractivity (Wildman–Crippen MR) is 78.1 cm³/mol. The molecule has 1 aromatic heterocycles. The Labute approximate surface area is 122 Å². The highest BCUT2D eigenvalue weighted by molar-refractivity contribution is 6.31. The van der Waals surface area contributed by atoms with Gasteiger partial charge in [0.15, 0.2) is 11.5 Å². The third-order valence-corrected chi connectivity index (χ3v) is 4.20. The van der Waals surface area contributed by atoms with Gasteiger partial charge in [-0.25, -0.2) is 4.98 Å². The van der Waals surface area contributed by atoms with Crippen LogP contribution in [-0.2, 0) is 11.2 Å². The van der Waals surface area contributed by atoms with Gasteiger partial charge in [-0.2, -0.15) is 0 Å². The second-order valence-electron chi connectivity index (χ2n) is 5.15. The summed E-state index contributed by atoms with van der Waals surface area (Å²) < 4.78 is 5.73. The molecule has 0 amide bonds. The van der Waals surface area contributed by atoms with Crippen LogP contribution in [0.3, 0.4) is 0 Å². The van der Waals surface area contributed by atoms with Gasteiger partial charge in [-0.1, -0.05) is 25.4 Å².